The molecule has 0 unspecified atom stereocenters. The molecule has 136 valence electrons. The van der Waals surface area contributed by atoms with E-state index in [0.717, 1.165) is 30.9 Å². The van der Waals surface area contributed by atoms with Crippen molar-refractivity contribution >= 4 is 28.3 Å². The molecule has 0 atom stereocenters. The molecule has 0 radical (unpaired) electrons. The molecule has 0 saturated carbocycles. The van der Waals surface area contributed by atoms with Crippen LogP contribution >= 0.6 is 12.4 Å². The highest BCUT2D eigenvalue weighted by atomic mass is 35.5. The zero-order chi connectivity index (χ0) is 16.3. The number of rotatable bonds is 4. The summed E-state index contributed by atoms with van der Waals surface area (Å²) >= 11 is 0. The molecular weight excluding hydrogens is 352 g/mol. The molecule has 2 aliphatic heterocycles. The van der Waals surface area contributed by atoms with Crippen LogP contribution in [-0.4, -0.2) is 74.4 Å². The topological polar surface area (TPSA) is 79.1 Å². The Morgan fingerprint density at radius 1 is 1.00 bits per heavy atom. The fraction of sp³-hybridized carbons (Fsp3) is 0.600. The van der Waals surface area contributed by atoms with E-state index in [0.29, 0.717) is 39.4 Å². The Labute approximate surface area is 149 Å². The number of morpholine rings is 1. The van der Waals surface area contributed by atoms with E-state index in [1.54, 1.807) is 4.31 Å². The molecule has 2 N–H and O–H groups in total. The molecule has 9 heteroatoms. The van der Waals surface area contributed by atoms with E-state index in [4.69, 9.17) is 10.5 Å². The second-order valence-electron chi connectivity index (χ2n) is 5.94. The lowest BCUT2D eigenvalue weighted by atomic mass is 10.2. The van der Waals surface area contributed by atoms with Crippen molar-refractivity contribution < 1.29 is 13.2 Å². The first kappa shape index (κ1) is 19.4. The minimum atomic E-state index is -3.35. The molecule has 0 amide bonds. The number of benzene rings is 1. The molecule has 24 heavy (non-hydrogen) atoms. The van der Waals surface area contributed by atoms with Crippen molar-refractivity contribution in [3.05, 3.63) is 29.8 Å². The van der Waals surface area contributed by atoms with E-state index < -0.39 is 10.2 Å². The highest BCUT2D eigenvalue weighted by Crippen LogP contribution is 2.16. The number of piperazine rings is 1. The zero-order valence-electron chi connectivity index (χ0n) is 13.6. The third kappa shape index (κ3) is 4.59. The molecular formula is C15H25ClN4O3S. The van der Waals surface area contributed by atoms with Gasteiger partial charge in [-0.1, -0.05) is 12.1 Å². The van der Waals surface area contributed by atoms with Gasteiger partial charge in [0.15, 0.2) is 0 Å². The number of nitrogens with zero attached hydrogens (tertiary/aromatic N) is 3. The molecule has 1 aromatic carbocycles. The van der Waals surface area contributed by atoms with Gasteiger partial charge >= 0.3 is 0 Å². The van der Waals surface area contributed by atoms with Gasteiger partial charge in [-0.25, -0.2) is 0 Å². The first-order valence-corrected chi connectivity index (χ1v) is 9.35. The maximum absolute atomic E-state index is 12.6. The minimum Gasteiger partial charge on any atom is -0.399 e. The molecule has 0 aliphatic carbocycles. The zero-order valence-corrected chi connectivity index (χ0v) is 15.3. The fourth-order valence-corrected chi connectivity index (χ4v) is 4.57. The Kier molecular flexibility index (Phi) is 6.85. The average Bonchev–Trinajstić information content (AvgIpc) is 2.56. The van der Waals surface area contributed by atoms with Crippen molar-refractivity contribution in [2.24, 2.45) is 0 Å². The lowest BCUT2D eigenvalue weighted by Crippen LogP contribution is -2.54. The van der Waals surface area contributed by atoms with Gasteiger partial charge in [-0.15, -0.1) is 12.4 Å². The van der Waals surface area contributed by atoms with Gasteiger partial charge in [-0.3, -0.25) is 4.90 Å². The smallest absolute Gasteiger partial charge is 0.282 e. The van der Waals surface area contributed by atoms with Crippen LogP contribution in [0.2, 0.25) is 0 Å². The van der Waals surface area contributed by atoms with Gasteiger partial charge in [0.2, 0.25) is 0 Å². The molecule has 0 bridgehead atoms. The van der Waals surface area contributed by atoms with Crippen molar-refractivity contribution in [1.82, 2.24) is 13.5 Å². The van der Waals surface area contributed by atoms with Gasteiger partial charge < -0.3 is 10.5 Å². The van der Waals surface area contributed by atoms with Crippen LogP contribution in [0.3, 0.4) is 0 Å². The van der Waals surface area contributed by atoms with Crippen LogP contribution in [0, 0.1) is 0 Å². The Balaban J connectivity index is 0.00000208. The van der Waals surface area contributed by atoms with E-state index in [1.165, 1.54) is 4.31 Å². The summed E-state index contributed by atoms with van der Waals surface area (Å²) in [5.74, 6) is 0. The molecule has 2 aliphatic rings. The van der Waals surface area contributed by atoms with Gasteiger partial charge in [0, 0.05) is 51.5 Å². The van der Waals surface area contributed by atoms with E-state index in [2.05, 4.69) is 4.90 Å². The predicted molar refractivity (Wildman–Crippen MR) is 96.3 cm³/mol. The van der Waals surface area contributed by atoms with Gasteiger partial charge in [0.1, 0.15) is 0 Å². The molecule has 2 saturated heterocycles. The summed E-state index contributed by atoms with van der Waals surface area (Å²) in [4.78, 5) is 2.26. The van der Waals surface area contributed by atoms with Gasteiger partial charge in [-0.2, -0.15) is 17.0 Å². The first-order valence-electron chi connectivity index (χ1n) is 7.95. The largest absolute Gasteiger partial charge is 0.399 e. The van der Waals surface area contributed by atoms with Crippen LogP contribution in [0.25, 0.3) is 0 Å². The van der Waals surface area contributed by atoms with Crippen molar-refractivity contribution in [3.63, 3.8) is 0 Å². The second kappa shape index (κ2) is 8.46. The second-order valence-corrected chi connectivity index (χ2v) is 7.87. The first-order chi connectivity index (χ1) is 11.1. The fourth-order valence-electron chi connectivity index (χ4n) is 3.01. The van der Waals surface area contributed by atoms with Crippen LogP contribution < -0.4 is 5.73 Å². The summed E-state index contributed by atoms with van der Waals surface area (Å²) < 4.78 is 33.6. The maximum Gasteiger partial charge on any atom is 0.282 e. The van der Waals surface area contributed by atoms with E-state index in [1.807, 2.05) is 24.3 Å². The Bertz CT molecular complexity index is 629. The van der Waals surface area contributed by atoms with Crippen LogP contribution in [0.1, 0.15) is 5.56 Å². The third-order valence-electron chi connectivity index (χ3n) is 4.31. The normalized spacial score (nSPS) is 21.3. The summed E-state index contributed by atoms with van der Waals surface area (Å²) in [5.41, 5.74) is 7.73. The molecule has 0 aromatic heterocycles. The minimum absolute atomic E-state index is 0. The molecule has 2 fully saturated rings. The van der Waals surface area contributed by atoms with E-state index in [9.17, 15) is 8.42 Å². The Hall–Kier alpha value is -0.900. The summed E-state index contributed by atoms with van der Waals surface area (Å²) in [6.07, 6.45) is 0. The molecule has 1 aromatic rings. The number of ether oxygens (including phenoxy) is 1. The quantitative estimate of drug-likeness (QED) is 0.769. The highest BCUT2D eigenvalue weighted by molar-refractivity contribution is 7.86. The predicted octanol–water partition coefficient (Wildman–Crippen LogP) is 0.385. The Morgan fingerprint density at radius 2 is 1.62 bits per heavy atom. The number of anilines is 1. The van der Waals surface area contributed by atoms with Crippen molar-refractivity contribution in [3.8, 4) is 0 Å². The van der Waals surface area contributed by atoms with Gasteiger partial charge in [-0.05, 0) is 17.7 Å². The number of hydrogen-bond donors (Lipinski definition) is 1. The Morgan fingerprint density at radius 3 is 2.25 bits per heavy atom. The molecule has 0 spiro atoms. The number of nitrogens with two attached hydrogens (primary N) is 1. The van der Waals surface area contributed by atoms with Crippen LogP contribution in [0.15, 0.2) is 24.3 Å². The molecule has 2 heterocycles. The number of halogens is 1. The maximum atomic E-state index is 12.6. The van der Waals surface area contributed by atoms with Crippen LogP contribution in [0.4, 0.5) is 5.69 Å². The van der Waals surface area contributed by atoms with Crippen LogP contribution in [-0.2, 0) is 21.5 Å². The van der Waals surface area contributed by atoms with Gasteiger partial charge in [0.05, 0.1) is 13.2 Å². The summed E-state index contributed by atoms with van der Waals surface area (Å²) in [7, 11) is -3.35. The average molecular weight is 377 g/mol. The van der Waals surface area contributed by atoms with E-state index in [-0.39, 0.29) is 12.4 Å². The van der Waals surface area contributed by atoms with Crippen LogP contribution in [0.5, 0.6) is 0 Å². The lowest BCUT2D eigenvalue weighted by molar-refractivity contribution is 0.0684. The number of hydrogen-bond acceptors (Lipinski definition) is 5. The lowest BCUT2D eigenvalue weighted by Gasteiger charge is -2.37. The summed E-state index contributed by atoms with van der Waals surface area (Å²) in [5, 5.41) is 0. The summed E-state index contributed by atoms with van der Waals surface area (Å²) in [6.45, 7) is 5.19. The molecule has 3 rings (SSSR count). The standard InChI is InChI=1S/C15H24N4O3S.ClH/c16-15-3-1-2-14(12-15)13-17-4-6-18(7-5-17)23(20,21)19-8-10-22-11-9-19;/h1-3,12H,4-11,13,16H2;1H. The molecule has 7 nitrogen and oxygen atoms in total. The number of nitrogen functional groups attached to an aromatic ring is 1. The van der Waals surface area contributed by atoms with Gasteiger partial charge in [0.25, 0.3) is 10.2 Å². The van der Waals surface area contributed by atoms with Crippen molar-refractivity contribution in [1.29, 1.82) is 0 Å². The van der Waals surface area contributed by atoms with Crippen molar-refractivity contribution in [2.45, 2.75) is 6.54 Å². The highest BCUT2D eigenvalue weighted by Gasteiger charge is 2.33. The SMILES string of the molecule is Cl.Nc1cccc(CN2CCN(S(=O)(=O)N3CCOCC3)CC2)c1. The van der Waals surface area contributed by atoms with E-state index >= 15 is 0 Å². The summed E-state index contributed by atoms with van der Waals surface area (Å²) in [6, 6.07) is 7.84. The van der Waals surface area contributed by atoms with Crippen molar-refractivity contribution in [2.75, 3.05) is 58.2 Å². The third-order valence-corrected chi connectivity index (χ3v) is 6.35. The monoisotopic (exact) mass is 376 g/mol.